The number of hydrogen-bond acceptors (Lipinski definition) is 4. The van der Waals surface area contributed by atoms with Crippen LogP contribution in [0.25, 0.3) is 0 Å². The van der Waals surface area contributed by atoms with Crippen molar-refractivity contribution in [2.24, 2.45) is 5.41 Å². The van der Waals surface area contributed by atoms with Gasteiger partial charge in [-0.15, -0.1) is 0 Å². The minimum absolute atomic E-state index is 0.000297. The van der Waals surface area contributed by atoms with Gasteiger partial charge in [-0.3, -0.25) is 14.4 Å². The Kier molecular flexibility index (Phi) is 8.98. The summed E-state index contributed by atoms with van der Waals surface area (Å²) in [5.41, 5.74) is 2.53. The molecule has 0 aliphatic carbocycles. The molecule has 0 spiro atoms. The number of phenols is 1. The fraction of sp³-hybridized carbons (Fsp3) is 0.423. The highest BCUT2D eigenvalue weighted by molar-refractivity contribution is 5.94. The molecule has 2 aromatic rings. The highest BCUT2D eigenvalue weighted by atomic mass is 16.3. The van der Waals surface area contributed by atoms with Crippen LogP contribution >= 0.6 is 0 Å². The summed E-state index contributed by atoms with van der Waals surface area (Å²) in [5.74, 6) is 0.178. The minimum Gasteiger partial charge on any atom is -0.507 e. The number of carbonyl (C=O) groups excluding carboxylic acids is 3. The first-order chi connectivity index (χ1) is 14.7. The summed E-state index contributed by atoms with van der Waals surface area (Å²) in [6.07, 6.45) is 5.23. The summed E-state index contributed by atoms with van der Waals surface area (Å²) in [4.78, 5) is 35.4. The van der Waals surface area contributed by atoms with E-state index in [0.29, 0.717) is 43.2 Å². The molecular formula is C26H33NO4. The lowest BCUT2D eigenvalue weighted by molar-refractivity contribution is -0.126. The molecule has 1 amide bonds. The zero-order valence-corrected chi connectivity index (χ0v) is 18.7. The number of ketones is 1. The van der Waals surface area contributed by atoms with Crippen molar-refractivity contribution in [3.05, 3.63) is 64.7 Å². The van der Waals surface area contributed by atoms with Gasteiger partial charge >= 0.3 is 0 Å². The van der Waals surface area contributed by atoms with Gasteiger partial charge in [0.05, 0.1) is 5.56 Å². The van der Waals surface area contributed by atoms with E-state index in [1.54, 1.807) is 18.2 Å². The molecule has 31 heavy (non-hydrogen) atoms. The second-order valence-electron chi connectivity index (χ2n) is 8.90. The molecule has 0 aliphatic heterocycles. The fourth-order valence-corrected chi connectivity index (χ4v) is 3.32. The fourth-order valence-electron chi connectivity index (χ4n) is 3.32. The Morgan fingerprint density at radius 1 is 0.968 bits per heavy atom. The van der Waals surface area contributed by atoms with E-state index in [9.17, 15) is 19.5 Å². The van der Waals surface area contributed by atoms with Gasteiger partial charge in [0.2, 0.25) is 0 Å². The number of hydrogen-bond donors (Lipinski definition) is 2. The molecule has 0 saturated heterocycles. The third kappa shape index (κ3) is 7.67. The van der Waals surface area contributed by atoms with Crippen molar-refractivity contribution in [1.82, 2.24) is 5.32 Å². The number of unbranched alkanes of at least 4 members (excludes halogenated alkanes) is 2. The zero-order chi connectivity index (χ0) is 22.9. The number of Topliss-reactive ketones (excluding diaryl/α,β-unsaturated/α-hetero) is 1. The number of nitrogens with one attached hydrogen (secondary N) is 1. The number of benzene rings is 2. The standard InChI is InChI=1S/C26H33NO4/c1-26(2,3)24(30)10-5-4-6-17-27-25(31)21-15-12-19(13-16-21)11-14-20-8-7-9-23(29)22(20)18-28/h7-9,12-13,15-16,18,29H,4-6,10-11,14,17H2,1-3H3,(H,27,31). The van der Waals surface area contributed by atoms with Gasteiger partial charge in [0.25, 0.3) is 5.91 Å². The lowest BCUT2D eigenvalue weighted by Crippen LogP contribution is -2.24. The number of aromatic hydroxyl groups is 1. The third-order valence-corrected chi connectivity index (χ3v) is 5.39. The SMILES string of the molecule is CC(C)(C)C(=O)CCCCCNC(=O)c1ccc(CCc2cccc(O)c2C=O)cc1. The number of carbonyl (C=O) groups is 3. The van der Waals surface area contributed by atoms with Crippen LogP contribution in [0, 0.1) is 5.41 Å². The van der Waals surface area contributed by atoms with Gasteiger partial charge in [0.1, 0.15) is 11.5 Å². The Hall–Kier alpha value is -2.95. The van der Waals surface area contributed by atoms with Crippen molar-refractivity contribution < 1.29 is 19.5 Å². The van der Waals surface area contributed by atoms with Crippen LogP contribution in [0.4, 0.5) is 0 Å². The Balaban J connectivity index is 1.74. The van der Waals surface area contributed by atoms with Gasteiger partial charge in [-0.1, -0.05) is 51.5 Å². The van der Waals surface area contributed by atoms with E-state index in [0.717, 1.165) is 30.4 Å². The topological polar surface area (TPSA) is 83.5 Å². The average molecular weight is 424 g/mol. The van der Waals surface area contributed by atoms with Gasteiger partial charge in [0.15, 0.2) is 6.29 Å². The van der Waals surface area contributed by atoms with Crippen molar-refractivity contribution in [2.75, 3.05) is 6.54 Å². The van der Waals surface area contributed by atoms with Crippen LogP contribution in [0.3, 0.4) is 0 Å². The molecular weight excluding hydrogens is 390 g/mol. The molecule has 0 atom stereocenters. The van der Waals surface area contributed by atoms with Gasteiger partial charge in [0, 0.05) is 23.9 Å². The molecule has 0 radical (unpaired) electrons. The maximum atomic E-state index is 12.3. The van der Waals surface area contributed by atoms with Crippen molar-refractivity contribution in [3.63, 3.8) is 0 Å². The summed E-state index contributed by atoms with van der Waals surface area (Å²) in [7, 11) is 0. The van der Waals surface area contributed by atoms with E-state index in [1.165, 1.54) is 6.07 Å². The molecule has 0 aromatic heterocycles. The molecule has 2 N–H and O–H groups in total. The highest BCUT2D eigenvalue weighted by Crippen LogP contribution is 2.21. The van der Waals surface area contributed by atoms with Crippen LogP contribution in [-0.4, -0.2) is 29.6 Å². The molecule has 0 saturated carbocycles. The monoisotopic (exact) mass is 423 g/mol. The molecule has 2 rings (SSSR count). The Bertz CT molecular complexity index is 895. The minimum atomic E-state index is -0.278. The maximum Gasteiger partial charge on any atom is 0.251 e. The maximum absolute atomic E-state index is 12.3. The number of amides is 1. The van der Waals surface area contributed by atoms with E-state index in [-0.39, 0.29) is 22.9 Å². The second kappa shape index (κ2) is 11.4. The lowest BCUT2D eigenvalue weighted by atomic mass is 9.88. The van der Waals surface area contributed by atoms with Crippen molar-refractivity contribution in [3.8, 4) is 5.75 Å². The molecule has 2 aromatic carbocycles. The van der Waals surface area contributed by atoms with Gasteiger partial charge < -0.3 is 10.4 Å². The smallest absolute Gasteiger partial charge is 0.251 e. The average Bonchev–Trinajstić information content (AvgIpc) is 2.74. The molecule has 5 nitrogen and oxygen atoms in total. The Morgan fingerprint density at radius 2 is 1.68 bits per heavy atom. The first-order valence-corrected chi connectivity index (χ1v) is 10.9. The first-order valence-electron chi connectivity index (χ1n) is 10.9. The van der Waals surface area contributed by atoms with Crippen molar-refractivity contribution in [1.29, 1.82) is 0 Å². The van der Waals surface area contributed by atoms with Gasteiger partial charge in [-0.2, -0.15) is 0 Å². The van der Waals surface area contributed by atoms with Crippen LogP contribution in [0.5, 0.6) is 5.75 Å². The molecule has 0 heterocycles. The van der Waals surface area contributed by atoms with Crippen LogP contribution in [0.2, 0.25) is 0 Å². The van der Waals surface area contributed by atoms with Crippen LogP contribution in [0.1, 0.15) is 78.3 Å². The van der Waals surface area contributed by atoms with Gasteiger partial charge in [-0.05, 0) is 55.0 Å². The number of aryl methyl sites for hydroxylation is 2. The third-order valence-electron chi connectivity index (χ3n) is 5.39. The van der Waals surface area contributed by atoms with E-state index in [4.69, 9.17) is 0 Å². The summed E-state index contributed by atoms with van der Waals surface area (Å²) >= 11 is 0. The predicted octanol–water partition coefficient (Wildman–Crippen LogP) is 4.90. The summed E-state index contributed by atoms with van der Waals surface area (Å²) in [6.45, 7) is 6.41. The largest absolute Gasteiger partial charge is 0.507 e. The number of aldehydes is 1. The molecule has 0 aliphatic rings. The normalized spacial score (nSPS) is 11.2. The second-order valence-corrected chi connectivity index (χ2v) is 8.90. The molecule has 166 valence electrons. The summed E-state index contributed by atoms with van der Waals surface area (Å²) < 4.78 is 0. The van der Waals surface area contributed by atoms with E-state index in [1.807, 2.05) is 39.0 Å². The first kappa shape index (κ1) is 24.3. The quantitative estimate of drug-likeness (QED) is 0.398. The number of phenolic OH excluding ortho intramolecular Hbond substituents is 1. The van der Waals surface area contributed by atoms with E-state index >= 15 is 0 Å². The lowest BCUT2D eigenvalue weighted by Gasteiger charge is -2.16. The molecule has 0 bridgehead atoms. The zero-order valence-electron chi connectivity index (χ0n) is 18.7. The Morgan fingerprint density at radius 3 is 2.32 bits per heavy atom. The highest BCUT2D eigenvalue weighted by Gasteiger charge is 2.19. The van der Waals surface area contributed by atoms with Crippen molar-refractivity contribution in [2.45, 2.75) is 59.3 Å². The van der Waals surface area contributed by atoms with Crippen LogP contribution in [0.15, 0.2) is 42.5 Å². The molecule has 0 unspecified atom stereocenters. The van der Waals surface area contributed by atoms with E-state index < -0.39 is 0 Å². The Labute approximate surface area is 184 Å². The summed E-state index contributed by atoms with van der Waals surface area (Å²) in [5, 5.41) is 12.7. The van der Waals surface area contributed by atoms with Gasteiger partial charge in [-0.25, -0.2) is 0 Å². The van der Waals surface area contributed by atoms with Crippen LogP contribution in [-0.2, 0) is 17.6 Å². The molecule has 0 fully saturated rings. The predicted molar refractivity (Wildman–Crippen MR) is 123 cm³/mol. The summed E-state index contributed by atoms with van der Waals surface area (Å²) in [6, 6.07) is 12.5. The van der Waals surface area contributed by atoms with Crippen LogP contribution < -0.4 is 5.32 Å². The number of rotatable bonds is 11. The van der Waals surface area contributed by atoms with E-state index in [2.05, 4.69) is 5.32 Å². The van der Waals surface area contributed by atoms with Crippen molar-refractivity contribution >= 4 is 18.0 Å². The molecule has 5 heteroatoms.